The first-order valence-corrected chi connectivity index (χ1v) is 15.6. The molecule has 2 amide bonds. The number of rotatable bonds is 7. The first-order chi connectivity index (χ1) is 19.2. The predicted octanol–water partition coefficient (Wildman–Crippen LogP) is 4.30. The zero-order valence-corrected chi connectivity index (χ0v) is 24.1. The zero-order valence-electron chi connectivity index (χ0n) is 23.3. The van der Waals surface area contributed by atoms with Crippen LogP contribution in [0.2, 0.25) is 0 Å². The molecule has 2 aliphatic rings. The minimum atomic E-state index is -3.89. The molecule has 2 fully saturated rings. The van der Waals surface area contributed by atoms with Crippen LogP contribution >= 0.6 is 0 Å². The van der Waals surface area contributed by atoms with Crippen molar-refractivity contribution in [1.29, 1.82) is 0 Å². The molecule has 0 spiro atoms. The van der Waals surface area contributed by atoms with E-state index in [1.54, 1.807) is 36.4 Å². The van der Waals surface area contributed by atoms with Gasteiger partial charge < -0.3 is 15.5 Å². The highest BCUT2D eigenvalue weighted by atomic mass is 32.2. The molecule has 2 heterocycles. The molecule has 8 nitrogen and oxygen atoms in total. The number of nitrogens with one attached hydrogen (secondary N) is 3. The molecule has 3 aromatic rings. The third kappa shape index (κ3) is 5.77. The Hall–Kier alpha value is -3.27. The van der Waals surface area contributed by atoms with E-state index >= 15 is 0 Å². The number of nitrogens with zero attached hydrogens (tertiary/aromatic N) is 1. The molecule has 5 rings (SSSR count). The number of amides is 2. The van der Waals surface area contributed by atoms with Gasteiger partial charge in [-0.2, -0.15) is 0 Å². The Morgan fingerprint density at radius 3 is 2.45 bits per heavy atom. The van der Waals surface area contributed by atoms with Crippen LogP contribution < -0.4 is 15.4 Å². The number of hydrogen-bond donors (Lipinski definition) is 3. The highest BCUT2D eigenvalue weighted by Gasteiger charge is 2.38. The molecule has 3 aromatic carbocycles. The molecule has 212 valence electrons. The van der Waals surface area contributed by atoms with Crippen molar-refractivity contribution in [2.75, 3.05) is 25.0 Å². The zero-order chi connectivity index (χ0) is 28.4. The van der Waals surface area contributed by atoms with Crippen molar-refractivity contribution in [1.82, 2.24) is 14.9 Å². The van der Waals surface area contributed by atoms with Gasteiger partial charge in [-0.05, 0) is 68.3 Å². The number of benzene rings is 3. The average molecular weight is 563 g/mol. The van der Waals surface area contributed by atoms with Crippen molar-refractivity contribution in [2.24, 2.45) is 11.8 Å². The fraction of sp³-hybridized carbons (Fsp3) is 0.419. The van der Waals surface area contributed by atoms with Crippen LogP contribution in [0.4, 0.5) is 5.69 Å². The van der Waals surface area contributed by atoms with Crippen LogP contribution in [-0.2, 0) is 14.8 Å². The van der Waals surface area contributed by atoms with Gasteiger partial charge in [-0.1, -0.05) is 56.3 Å². The summed E-state index contributed by atoms with van der Waals surface area (Å²) in [5.74, 6) is 0.0630. The van der Waals surface area contributed by atoms with Crippen molar-refractivity contribution in [3.8, 4) is 0 Å². The maximum atomic E-state index is 13.8. The molecule has 9 heteroatoms. The Morgan fingerprint density at radius 1 is 0.975 bits per heavy atom. The lowest BCUT2D eigenvalue weighted by atomic mass is 9.84. The molecule has 2 aliphatic heterocycles. The number of carbonyl (C=O) groups is 2. The number of anilines is 1. The summed E-state index contributed by atoms with van der Waals surface area (Å²) in [5, 5.41) is 7.44. The molecule has 0 radical (unpaired) electrons. The summed E-state index contributed by atoms with van der Waals surface area (Å²) in [7, 11) is -3.89. The van der Waals surface area contributed by atoms with Gasteiger partial charge in [-0.15, -0.1) is 0 Å². The summed E-state index contributed by atoms with van der Waals surface area (Å²) in [6, 6.07) is 17.4. The molecule has 0 saturated carbocycles. The fourth-order valence-corrected chi connectivity index (χ4v) is 7.57. The number of aryl methyl sites for hydroxylation is 1. The predicted molar refractivity (Wildman–Crippen MR) is 158 cm³/mol. The average Bonchev–Trinajstić information content (AvgIpc) is 3.48. The first-order valence-electron chi connectivity index (χ1n) is 14.1. The Morgan fingerprint density at radius 2 is 1.73 bits per heavy atom. The number of carbonyl (C=O) groups excluding carboxylic acids is 2. The fourth-order valence-electron chi connectivity index (χ4n) is 6.02. The smallest absolute Gasteiger partial charge is 0.255 e. The van der Waals surface area contributed by atoms with E-state index in [1.807, 2.05) is 36.1 Å². The lowest BCUT2D eigenvalue weighted by Crippen LogP contribution is -2.56. The summed E-state index contributed by atoms with van der Waals surface area (Å²) in [6.45, 7) is 7.96. The highest BCUT2D eigenvalue weighted by molar-refractivity contribution is 7.89. The van der Waals surface area contributed by atoms with Gasteiger partial charge in [0.25, 0.3) is 5.91 Å². The van der Waals surface area contributed by atoms with Gasteiger partial charge in [0.05, 0.1) is 10.9 Å². The maximum absolute atomic E-state index is 13.8. The van der Waals surface area contributed by atoms with Crippen LogP contribution in [0.3, 0.4) is 0 Å². The van der Waals surface area contributed by atoms with E-state index in [0.29, 0.717) is 41.5 Å². The Kier molecular flexibility index (Phi) is 8.26. The van der Waals surface area contributed by atoms with Crippen LogP contribution in [0.1, 0.15) is 49.0 Å². The standard InChI is InChI=1S/C31H38N4O4S/c1-20(2)25-19-35(31(37)28-14-8-17-32-28)18-16-27(25)34-40(38,39)29-15-7-11-23-24(29)12-6-13-26(23)33-30(36)22-10-5-4-9-21(22)3/h4-7,9-13,15,20,25,27-28,32,34H,8,14,16-19H2,1-3H3,(H,33,36)/t25-,27+,28+/m1/s1. The van der Waals surface area contributed by atoms with Crippen LogP contribution in [-0.4, -0.2) is 56.9 Å². The van der Waals surface area contributed by atoms with Crippen LogP contribution in [0.25, 0.3) is 10.8 Å². The molecule has 0 aromatic heterocycles. The van der Waals surface area contributed by atoms with Crippen molar-refractivity contribution in [3.05, 3.63) is 71.8 Å². The second kappa shape index (κ2) is 11.7. The second-order valence-electron chi connectivity index (χ2n) is 11.3. The quantitative estimate of drug-likeness (QED) is 0.398. The molecule has 3 atom stereocenters. The van der Waals surface area contributed by atoms with Gasteiger partial charge in [-0.25, -0.2) is 13.1 Å². The molecular formula is C31H38N4O4S. The van der Waals surface area contributed by atoms with Gasteiger partial charge in [0.2, 0.25) is 15.9 Å². The second-order valence-corrected chi connectivity index (χ2v) is 13.0. The topological polar surface area (TPSA) is 108 Å². The van der Waals surface area contributed by atoms with E-state index in [2.05, 4.69) is 29.2 Å². The third-order valence-electron chi connectivity index (χ3n) is 8.30. The minimum Gasteiger partial charge on any atom is -0.341 e. The molecule has 2 saturated heterocycles. The van der Waals surface area contributed by atoms with Gasteiger partial charge >= 0.3 is 0 Å². The highest BCUT2D eigenvalue weighted by Crippen LogP contribution is 2.31. The summed E-state index contributed by atoms with van der Waals surface area (Å²) < 4.78 is 30.6. The molecule has 0 aliphatic carbocycles. The van der Waals surface area contributed by atoms with Gasteiger partial charge in [0, 0.05) is 41.2 Å². The Labute approximate surface area is 236 Å². The normalized spacial score (nSPS) is 21.6. The van der Waals surface area contributed by atoms with Gasteiger partial charge in [0.1, 0.15) is 0 Å². The summed E-state index contributed by atoms with van der Waals surface area (Å²) in [4.78, 5) is 28.1. The molecule has 0 bridgehead atoms. The van der Waals surface area contributed by atoms with E-state index in [0.717, 1.165) is 24.9 Å². The van der Waals surface area contributed by atoms with Crippen molar-refractivity contribution >= 4 is 38.3 Å². The van der Waals surface area contributed by atoms with Gasteiger partial charge in [-0.3, -0.25) is 9.59 Å². The first kappa shape index (κ1) is 28.3. The Bertz CT molecular complexity index is 1510. The number of hydrogen-bond acceptors (Lipinski definition) is 5. The maximum Gasteiger partial charge on any atom is 0.255 e. The minimum absolute atomic E-state index is 0.00665. The van der Waals surface area contributed by atoms with Crippen molar-refractivity contribution in [2.45, 2.75) is 57.0 Å². The summed E-state index contributed by atoms with van der Waals surface area (Å²) in [5.41, 5.74) is 1.98. The number of likely N-dealkylation sites (tertiary alicyclic amines) is 1. The van der Waals surface area contributed by atoms with E-state index < -0.39 is 10.0 Å². The number of fused-ring (bicyclic) bond motifs is 1. The van der Waals surface area contributed by atoms with Crippen molar-refractivity contribution in [3.63, 3.8) is 0 Å². The molecular weight excluding hydrogens is 524 g/mol. The monoisotopic (exact) mass is 562 g/mol. The van der Waals surface area contributed by atoms with Crippen LogP contribution in [0.5, 0.6) is 0 Å². The third-order valence-corrected chi connectivity index (χ3v) is 9.85. The lowest BCUT2D eigenvalue weighted by molar-refractivity contribution is -0.135. The van der Waals surface area contributed by atoms with Crippen molar-refractivity contribution < 1.29 is 18.0 Å². The van der Waals surface area contributed by atoms with Crippen LogP contribution in [0.15, 0.2) is 65.6 Å². The molecule has 40 heavy (non-hydrogen) atoms. The van der Waals surface area contributed by atoms with Crippen LogP contribution in [0, 0.1) is 18.8 Å². The SMILES string of the molecule is Cc1ccccc1C(=O)Nc1cccc2c(S(=O)(=O)N[C@H]3CCN(C(=O)[C@@H]4CCCN4)C[C@@H]3C(C)C)cccc12. The summed E-state index contributed by atoms with van der Waals surface area (Å²) >= 11 is 0. The van der Waals surface area contributed by atoms with E-state index in [-0.39, 0.29) is 40.6 Å². The summed E-state index contributed by atoms with van der Waals surface area (Å²) in [6.07, 6.45) is 2.41. The van der Waals surface area contributed by atoms with E-state index in [4.69, 9.17) is 0 Å². The molecule has 3 N–H and O–H groups in total. The van der Waals surface area contributed by atoms with Gasteiger partial charge in [0.15, 0.2) is 0 Å². The van der Waals surface area contributed by atoms with E-state index in [9.17, 15) is 18.0 Å². The Balaban J connectivity index is 1.38. The lowest BCUT2D eigenvalue weighted by Gasteiger charge is -2.41. The number of piperidine rings is 1. The van der Waals surface area contributed by atoms with E-state index in [1.165, 1.54) is 0 Å². The number of sulfonamides is 1. The largest absolute Gasteiger partial charge is 0.341 e. The molecule has 0 unspecified atom stereocenters.